The Balaban J connectivity index is 2.09. The third-order valence-electron chi connectivity index (χ3n) is 3.60. The number of nitriles is 1. The van der Waals surface area contributed by atoms with Crippen molar-refractivity contribution in [1.82, 2.24) is 10.1 Å². The van der Waals surface area contributed by atoms with Gasteiger partial charge >= 0.3 is 0 Å². The number of nitrogens with zero attached hydrogens (tertiary/aromatic N) is 3. The fourth-order valence-electron chi connectivity index (χ4n) is 2.55. The number of carbonyl (C=O) groups is 1. The van der Waals surface area contributed by atoms with Gasteiger partial charge in [-0.1, -0.05) is 18.0 Å². The molecule has 0 bridgehead atoms. The zero-order valence-electron chi connectivity index (χ0n) is 10.6. The van der Waals surface area contributed by atoms with E-state index in [9.17, 15) is 10.1 Å². The first-order chi connectivity index (χ1) is 9.19. The van der Waals surface area contributed by atoms with Gasteiger partial charge in [-0.15, -0.1) is 11.6 Å². The molecule has 0 spiro atoms. The second kappa shape index (κ2) is 6.07. The molecule has 0 saturated heterocycles. The molecular weight excluding hydrogens is 266 g/mol. The molecule has 0 unspecified atom stereocenters. The van der Waals surface area contributed by atoms with Crippen LogP contribution >= 0.6 is 11.6 Å². The highest BCUT2D eigenvalue weighted by atomic mass is 35.5. The number of aromatic nitrogens is 1. The lowest BCUT2D eigenvalue weighted by Crippen LogP contribution is -2.40. The molecule has 1 heterocycles. The summed E-state index contributed by atoms with van der Waals surface area (Å²) < 4.78 is 4.76. The molecule has 1 amide bonds. The molecule has 1 aromatic heterocycles. The Kier molecular flexibility index (Phi) is 4.43. The van der Waals surface area contributed by atoms with Crippen LogP contribution in [0.3, 0.4) is 0 Å². The minimum Gasteiger partial charge on any atom is -0.364 e. The van der Waals surface area contributed by atoms with Crippen molar-refractivity contribution in [2.75, 3.05) is 12.4 Å². The number of halogens is 1. The molecule has 1 fully saturated rings. The van der Waals surface area contributed by atoms with Crippen molar-refractivity contribution in [3.8, 4) is 6.07 Å². The van der Waals surface area contributed by atoms with Gasteiger partial charge in [-0.05, 0) is 12.8 Å². The van der Waals surface area contributed by atoms with E-state index in [1.807, 2.05) is 0 Å². The summed E-state index contributed by atoms with van der Waals surface area (Å²) in [6, 6.07) is 4.10. The van der Waals surface area contributed by atoms with Gasteiger partial charge in [0.1, 0.15) is 17.8 Å². The SMILES string of the molecule is N#CC1(CN(Cc2ccon2)C(=O)CCl)CCCC1. The minimum atomic E-state index is -0.425. The zero-order chi connectivity index (χ0) is 13.7. The van der Waals surface area contributed by atoms with E-state index in [0.717, 1.165) is 25.7 Å². The average molecular weight is 282 g/mol. The monoisotopic (exact) mass is 281 g/mol. The molecule has 0 aromatic carbocycles. The smallest absolute Gasteiger partial charge is 0.237 e. The maximum absolute atomic E-state index is 11.9. The van der Waals surface area contributed by atoms with Crippen molar-refractivity contribution >= 4 is 17.5 Å². The van der Waals surface area contributed by atoms with Crippen molar-refractivity contribution in [2.45, 2.75) is 32.2 Å². The van der Waals surface area contributed by atoms with Crippen LogP contribution in [0.4, 0.5) is 0 Å². The molecule has 1 saturated carbocycles. The Morgan fingerprint density at radius 1 is 1.58 bits per heavy atom. The van der Waals surface area contributed by atoms with Crippen molar-refractivity contribution in [3.63, 3.8) is 0 Å². The quantitative estimate of drug-likeness (QED) is 0.777. The number of alkyl halides is 1. The molecule has 6 heteroatoms. The molecule has 102 valence electrons. The van der Waals surface area contributed by atoms with Crippen LogP contribution in [0.5, 0.6) is 0 Å². The van der Waals surface area contributed by atoms with Crippen molar-refractivity contribution in [1.29, 1.82) is 5.26 Å². The zero-order valence-corrected chi connectivity index (χ0v) is 11.4. The predicted molar refractivity (Wildman–Crippen MR) is 69.2 cm³/mol. The summed E-state index contributed by atoms with van der Waals surface area (Å²) in [5, 5.41) is 13.2. The highest BCUT2D eigenvalue weighted by Crippen LogP contribution is 2.38. The minimum absolute atomic E-state index is 0.0840. The van der Waals surface area contributed by atoms with Crippen LogP contribution in [0.25, 0.3) is 0 Å². The molecule has 1 aliphatic carbocycles. The van der Waals surface area contributed by atoms with E-state index in [0.29, 0.717) is 18.8 Å². The van der Waals surface area contributed by atoms with E-state index in [1.165, 1.54) is 6.26 Å². The Morgan fingerprint density at radius 2 is 2.32 bits per heavy atom. The largest absolute Gasteiger partial charge is 0.364 e. The van der Waals surface area contributed by atoms with E-state index in [-0.39, 0.29) is 11.8 Å². The summed E-state index contributed by atoms with van der Waals surface area (Å²) in [6.45, 7) is 0.757. The lowest BCUT2D eigenvalue weighted by atomic mass is 9.87. The van der Waals surface area contributed by atoms with E-state index in [4.69, 9.17) is 16.1 Å². The second-order valence-electron chi connectivity index (χ2n) is 4.97. The summed E-state index contributed by atoms with van der Waals surface area (Å²) >= 11 is 5.64. The first-order valence-corrected chi connectivity index (χ1v) is 6.87. The summed E-state index contributed by atoms with van der Waals surface area (Å²) in [5.41, 5.74) is 0.246. The van der Waals surface area contributed by atoms with Crippen LogP contribution in [-0.2, 0) is 11.3 Å². The van der Waals surface area contributed by atoms with E-state index in [2.05, 4.69) is 11.2 Å². The third-order valence-corrected chi connectivity index (χ3v) is 3.83. The van der Waals surface area contributed by atoms with Gasteiger partial charge in [0.15, 0.2) is 0 Å². The van der Waals surface area contributed by atoms with E-state index in [1.54, 1.807) is 11.0 Å². The fraction of sp³-hybridized carbons (Fsp3) is 0.615. The van der Waals surface area contributed by atoms with Crippen LogP contribution in [0.15, 0.2) is 16.9 Å². The number of carbonyl (C=O) groups excluding carboxylic acids is 1. The number of rotatable bonds is 5. The number of hydrogen-bond acceptors (Lipinski definition) is 4. The lowest BCUT2D eigenvalue weighted by Gasteiger charge is -2.29. The summed E-state index contributed by atoms with van der Waals surface area (Å²) in [4.78, 5) is 13.5. The molecular formula is C13H16ClN3O2. The Morgan fingerprint density at radius 3 is 2.84 bits per heavy atom. The highest BCUT2D eigenvalue weighted by molar-refractivity contribution is 6.27. The van der Waals surface area contributed by atoms with Gasteiger partial charge in [0, 0.05) is 12.6 Å². The van der Waals surface area contributed by atoms with Gasteiger partial charge in [0.2, 0.25) is 5.91 Å². The first kappa shape index (κ1) is 13.9. The van der Waals surface area contributed by atoms with E-state index < -0.39 is 5.41 Å². The first-order valence-electron chi connectivity index (χ1n) is 6.33. The number of hydrogen-bond donors (Lipinski definition) is 0. The third kappa shape index (κ3) is 3.27. The molecule has 1 aliphatic rings. The van der Waals surface area contributed by atoms with Crippen molar-refractivity contribution in [2.24, 2.45) is 5.41 Å². The van der Waals surface area contributed by atoms with Gasteiger partial charge in [-0.2, -0.15) is 5.26 Å². The molecule has 2 rings (SSSR count). The summed E-state index contributed by atoms with van der Waals surface area (Å²) in [7, 11) is 0. The second-order valence-corrected chi connectivity index (χ2v) is 5.24. The summed E-state index contributed by atoms with van der Waals surface area (Å²) in [6.07, 6.45) is 5.23. The maximum Gasteiger partial charge on any atom is 0.237 e. The Bertz CT molecular complexity index is 461. The van der Waals surface area contributed by atoms with Gasteiger partial charge in [-0.3, -0.25) is 4.79 Å². The molecule has 19 heavy (non-hydrogen) atoms. The molecule has 0 radical (unpaired) electrons. The molecule has 5 nitrogen and oxygen atoms in total. The van der Waals surface area contributed by atoms with Gasteiger partial charge in [0.05, 0.1) is 18.0 Å². The standard InChI is InChI=1S/C13H16ClN3O2/c14-7-12(18)17(8-11-3-6-19-16-11)10-13(9-15)4-1-2-5-13/h3,6H,1-2,4-5,7-8,10H2. The molecule has 0 aliphatic heterocycles. The molecule has 0 N–H and O–H groups in total. The fourth-order valence-corrected chi connectivity index (χ4v) is 2.72. The Hall–Kier alpha value is -1.54. The average Bonchev–Trinajstić information content (AvgIpc) is 3.09. The molecule has 1 aromatic rings. The topological polar surface area (TPSA) is 70.1 Å². The van der Waals surface area contributed by atoms with E-state index >= 15 is 0 Å². The predicted octanol–water partition coefficient (Wildman–Crippen LogP) is 2.33. The Labute approximate surface area is 117 Å². The maximum atomic E-state index is 11.9. The van der Waals surface area contributed by atoms with Crippen molar-refractivity contribution < 1.29 is 9.32 Å². The van der Waals surface area contributed by atoms with Crippen LogP contribution in [0.1, 0.15) is 31.4 Å². The summed E-state index contributed by atoms with van der Waals surface area (Å²) in [5.74, 6) is -0.259. The van der Waals surface area contributed by atoms with Gasteiger partial charge < -0.3 is 9.42 Å². The number of amides is 1. The highest BCUT2D eigenvalue weighted by Gasteiger charge is 2.37. The lowest BCUT2D eigenvalue weighted by molar-refractivity contribution is -0.130. The van der Waals surface area contributed by atoms with Gasteiger partial charge in [0.25, 0.3) is 0 Å². The van der Waals surface area contributed by atoms with Crippen LogP contribution < -0.4 is 0 Å². The van der Waals surface area contributed by atoms with Gasteiger partial charge in [-0.25, -0.2) is 0 Å². The normalized spacial score (nSPS) is 17.1. The van der Waals surface area contributed by atoms with Crippen molar-refractivity contribution in [3.05, 3.63) is 18.0 Å². The molecule has 0 atom stereocenters. The van der Waals surface area contributed by atoms with Crippen LogP contribution in [0, 0.1) is 16.7 Å². The van der Waals surface area contributed by atoms with Crippen LogP contribution in [-0.4, -0.2) is 28.4 Å². The van der Waals surface area contributed by atoms with Crippen LogP contribution in [0.2, 0.25) is 0 Å².